The average Bonchev–Trinajstić information content (AvgIpc) is 2.41. The van der Waals surface area contributed by atoms with E-state index in [1.165, 1.54) is 6.07 Å². The maximum Gasteiger partial charge on any atom is 0.150 e. The third-order valence-electron chi connectivity index (χ3n) is 2.44. The van der Waals surface area contributed by atoms with E-state index in [2.05, 4.69) is 0 Å². The Morgan fingerprint density at radius 3 is 2.56 bits per heavy atom. The number of ether oxygens (including phenoxy) is 1. The number of hydrogen-bond donors (Lipinski definition) is 0. The van der Waals surface area contributed by atoms with Crippen molar-refractivity contribution < 1.29 is 13.9 Å². The van der Waals surface area contributed by atoms with Crippen LogP contribution in [0.5, 0.6) is 5.75 Å². The fraction of sp³-hybridized carbons (Fsp3) is 0.0714. The lowest BCUT2D eigenvalue weighted by molar-refractivity contribution is 0.112. The van der Waals surface area contributed by atoms with Crippen molar-refractivity contribution in [1.29, 1.82) is 0 Å². The molecule has 0 atom stereocenters. The van der Waals surface area contributed by atoms with Gasteiger partial charge in [-0.1, -0.05) is 23.7 Å². The highest BCUT2D eigenvalue weighted by Crippen LogP contribution is 2.21. The largest absolute Gasteiger partial charge is 0.489 e. The Labute approximate surface area is 109 Å². The fourth-order valence-electron chi connectivity index (χ4n) is 1.46. The van der Waals surface area contributed by atoms with Crippen molar-refractivity contribution in [2.75, 3.05) is 0 Å². The van der Waals surface area contributed by atoms with Crippen molar-refractivity contribution in [2.24, 2.45) is 0 Å². The molecule has 0 unspecified atom stereocenters. The number of aldehydes is 1. The van der Waals surface area contributed by atoms with Gasteiger partial charge in [0.25, 0.3) is 0 Å². The Hall–Kier alpha value is -1.87. The number of carbonyl (C=O) groups excluding carboxylic acids is 1. The summed E-state index contributed by atoms with van der Waals surface area (Å²) in [6.45, 7) is 0.178. The molecule has 0 N–H and O–H groups in total. The standard InChI is InChI=1S/C14H10ClFO2/c15-14-11(2-1-3-13(14)16)9-18-12-6-4-10(8-17)5-7-12/h1-8H,9H2. The van der Waals surface area contributed by atoms with Crippen LogP contribution in [0, 0.1) is 5.82 Å². The first-order valence-corrected chi connectivity index (χ1v) is 5.69. The van der Waals surface area contributed by atoms with Crippen molar-refractivity contribution >= 4 is 17.9 Å². The van der Waals surface area contributed by atoms with Crippen molar-refractivity contribution in [1.82, 2.24) is 0 Å². The normalized spacial score (nSPS) is 10.1. The molecule has 0 bridgehead atoms. The second-order valence-electron chi connectivity index (χ2n) is 3.69. The minimum Gasteiger partial charge on any atom is -0.489 e. The maximum atomic E-state index is 13.2. The second kappa shape index (κ2) is 5.65. The van der Waals surface area contributed by atoms with Gasteiger partial charge in [-0.15, -0.1) is 0 Å². The molecule has 0 saturated carbocycles. The van der Waals surface area contributed by atoms with E-state index < -0.39 is 5.82 Å². The van der Waals surface area contributed by atoms with Crippen LogP contribution in [-0.4, -0.2) is 6.29 Å². The van der Waals surface area contributed by atoms with Crippen LogP contribution in [0.1, 0.15) is 15.9 Å². The number of rotatable bonds is 4. The van der Waals surface area contributed by atoms with E-state index in [0.29, 0.717) is 16.9 Å². The van der Waals surface area contributed by atoms with Crippen molar-refractivity contribution in [3.05, 3.63) is 64.4 Å². The lowest BCUT2D eigenvalue weighted by Crippen LogP contribution is -1.97. The van der Waals surface area contributed by atoms with Crippen LogP contribution in [0.3, 0.4) is 0 Å². The molecule has 0 aliphatic rings. The monoisotopic (exact) mass is 264 g/mol. The predicted molar refractivity (Wildman–Crippen MR) is 67.6 cm³/mol. The zero-order valence-electron chi connectivity index (χ0n) is 9.40. The molecule has 0 aliphatic heterocycles. The van der Waals surface area contributed by atoms with Crippen LogP contribution in [0.15, 0.2) is 42.5 Å². The summed E-state index contributed by atoms with van der Waals surface area (Å²) in [5.74, 6) is 0.134. The van der Waals surface area contributed by atoms with Crippen LogP contribution < -0.4 is 4.74 Å². The van der Waals surface area contributed by atoms with Gasteiger partial charge in [-0.05, 0) is 30.3 Å². The predicted octanol–water partition coefficient (Wildman–Crippen LogP) is 3.87. The second-order valence-corrected chi connectivity index (χ2v) is 4.07. The molecule has 0 aliphatic carbocycles. The summed E-state index contributed by atoms with van der Waals surface area (Å²) < 4.78 is 18.6. The molecular weight excluding hydrogens is 255 g/mol. The molecule has 0 aromatic heterocycles. The molecule has 0 fully saturated rings. The van der Waals surface area contributed by atoms with Crippen LogP contribution in [-0.2, 0) is 6.61 Å². The quantitative estimate of drug-likeness (QED) is 0.784. The first kappa shape index (κ1) is 12.6. The molecule has 4 heteroatoms. The van der Waals surface area contributed by atoms with Gasteiger partial charge in [0, 0.05) is 11.1 Å². The molecule has 2 aromatic rings. The van der Waals surface area contributed by atoms with Gasteiger partial charge in [0.1, 0.15) is 24.5 Å². The lowest BCUT2D eigenvalue weighted by Gasteiger charge is -2.08. The van der Waals surface area contributed by atoms with Gasteiger partial charge < -0.3 is 4.74 Å². The fourth-order valence-corrected chi connectivity index (χ4v) is 1.64. The lowest BCUT2D eigenvalue weighted by atomic mass is 10.2. The summed E-state index contributed by atoms with van der Waals surface area (Å²) in [6.07, 6.45) is 0.757. The Balaban J connectivity index is 2.06. The third kappa shape index (κ3) is 2.87. The molecule has 0 heterocycles. The van der Waals surface area contributed by atoms with Crippen molar-refractivity contribution in [2.45, 2.75) is 6.61 Å². The van der Waals surface area contributed by atoms with Gasteiger partial charge in [0.05, 0.1) is 5.02 Å². The van der Waals surface area contributed by atoms with E-state index in [1.54, 1.807) is 36.4 Å². The molecule has 2 aromatic carbocycles. The Morgan fingerprint density at radius 2 is 1.89 bits per heavy atom. The molecular formula is C14H10ClFO2. The van der Waals surface area contributed by atoms with Crippen LogP contribution in [0.25, 0.3) is 0 Å². The zero-order valence-corrected chi connectivity index (χ0v) is 10.2. The summed E-state index contributed by atoms with van der Waals surface area (Å²) in [6, 6.07) is 11.2. The van der Waals surface area contributed by atoms with E-state index in [-0.39, 0.29) is 11.6 Å². The summed E-state index contributed by atoms with van der Waals surface area (Å²) in [4.78, 5) is 10.5. The SMILES string of the molecule is O=Cc1ccc(OCc2cccc(F)c2Cl)cc1. The molecule has 0 radical (unpaired) electrons. The van der Waals surface area contributed by atoms with Crippen LogP contribution >= 0.6 is 11.6 Å². The Morgan fingerprint density at radius 1 is 1.17 bits per heavy atom. The summed E-state index contributed by atoms with van der Waals surface area (Å²) in [5, 5.41) is 0.0713. The summed E-state index contributed by atoms with van der Waals surface area (Å²) in [7, 11) is 0. The van der Waals surface area contributed by atoms with Crippen LogP contribution in [0.2, 0.25) is 5.02 Å². The van der Waals surface area contributed by atoms with E-state index >= 15 is 0 Å². The van der Waals surface area contributed by atoms with Crippen LogP contribution in [0.4, 0.5) is 4.39 Å². The molecule has 2 nitrogen and oxygen atoms in total. The van der Waals surface area contributed by atoms with Gasteiger partial charge in [-0.25, -0.2) is 4.39 Å². The van der Waals surface area contributed by atoms with Gasteiger partial charge in [-0.2, -0.15) is 0 Å². The van der Waals surface area contributed by atoms with Gasteiger partial charge in [0.15, 0.2) is 0 Å². The zero-order chi connectivity index (χ0) is 13.0. The maximum absolute atomic E-state index is 13.2. The molecule has 2 rings (SSSR count). The number of hydrogen-bond acceptors (Lipinski definition) is 2. The third-order valence-corrected chi connectivity index (χ3v) is 2.87. The Bertz CT molecular complexity index is 552. The minimum absolute atomic E-state index is 0.0713. The highest BCUT2D eigenvalue weighted by Gasteiger charge is 2.06. The highest BCUT2D eigenvalue weighted by atomic mass is 35.5. The Kier molecular flexibility index (Phi) is 3.95. The first-order chi connectivity index (χ1) is 8.70. The molecule has 18 heavy (non-hydrogen) atoms. The van der Waals surface area contributed by atoms with E-state index in [9.17, 15) is 9.18 Å². The average molecular weight is 265 g/mol. The molecule has 92 valence electrons. The topological polar surface area (TPSA) is 26.3 Å². The van der Waals surface area contributed by atoms with E-state index in [4.69, 9.17) is 16.3 Å². The number of halogens is 2. The molecule has 0 saturated heterocycles. The van der Waals surface area contributed by atoms with Gasteiger partial charge >= 0.3 is 0 Å². The van der Waals surface area contributed by atoms with Crippen molar-refractivity contribution in [3.63, 3.8) is 0 Å². The minimum atomic E-state index is -0.464. The van der Waals surface area contributed by atoms with Gasteiger partial charge in [-0.3, -0.25) is 4.79 Å². The van der Waals surface area contributed by atoms with Crippen molar-refractivity contribution in [3.8, 4) is 5.75 Å². The van der Waals surface area contributed by atoms with E-state index in [0.717, 1.165) is 6.29 Å². The van der Waals surface area contributed by atoms with E-state index in [1.807, 2.05) is 0 Å². The first-order valence-electron chi connectivity index (χ1n) is 5.31. The number of carbonyl (C=O) groups is 1. The van der Waals surface area contributed by atoms with Gasteiger partial charge in [0.2, 0.25) is 0 Å². The molecule has 0 spiro atoms. The summed E-state index contributed by atoms with van der Waals surface area (Å²) >= 11 is 5.81. The summed E-state index contributed by atoms with van der Waals surface area (Å²) in [5.41, 5.74) is 1.15. The smallest absolute Gasteiger partial charge is 0.150 e. The molecule has 0 amide bonds. The highest BCUT2D eigenvalue weighted by molar-refractivity contribution is 6.31. The number of benzene rings is 2.